The van der Waals surface area contributed by atoms with Crippen molar-refractivity contribution in [3.05, 3.63) is 58.7 Å². The lowest BCUT2D eigenvalue weighted by Crippen LogP contribution is -2.03. The molecular formula is C34H54O2. The average molecular weight is 495 g/mol. The molecule has 0 saturated heterocycles. The highest BCUT2D eigenvalue weighted by atomic mass is 16.3. The average Bonchev–Trinajstić information content (AvgIpc) is 2.87. The summed E-state index contributed by atoms with van der Waals surface area (Å²) in [7, 11) is 0. The van der Waals surface area contributed by atoms with Gasteiger partial charge in [0.15, 0.2) is 0 Å². The van der Waals surface area contributed by atoms with Crippen molar-refractivity contribution in [3.63, 3.8) is 0 Å². The second kappa shape index (κ2) is 18.3. The van der Waals surface area contributed by atoms with E-state index in [1.807, 2.05) is 32.0 Å². The number of hydrogen-bond donors (Lipinski definition) is 2. The van der Waals surface area contributed by atoms with Gasteiger partial charge in [0.05, 0.1) is 0 Å². The fourth-order valence-corrected chi connectivity index (χ4v) is 5.43. The molecule has 0 radical (unpaired) electrons. The Morgan fingerprint density at radius 2 is 1.08 bits per heavy atom. The van der Waals surface area contributed by atoms with Gasteiger partial charge in [-0.3, -0.25) is 0 Å². The van der Waals surface area contributed by atoms with E-state index in [0.29, 0.717) is 11.5 Å². The number of rotatable bonds is 20. The largest absolute Gasteiger partial charge is 0.508 e. The molecule has 1 unspecified atom stereocenters. The maximum absolute atomic E-state index is 10.7. The minimum absolute atomic E-state index is 0.167. The molecule has 0 heterocycles. The van der Waals surface area contributed by atoms with E-state index in [1.54, 1.807) is 6.07 Å². The van der Waals surface area contributed by atoms with Crippen molar-refractivity contribution in [3.8, 4) is 11.5 Å². The fourth-order valence-electron chi connectivity index (χ4n) is 5.43. The first-order valence-electron chi connectivity index (χ1n) is 15.1. The van der Waals surface area contributed by atoms with E-state index in [4.69, 9.17) is 0 Å². The van der Waals surface area contributed by atoms with Crippen LogP contribution in [0.3, 0.4) is 0 Å². The number of phenols is 2. The molecule has 2 N–H and O–H groups in total. The third kappa shape index (κ3) is 11.4. The van der Waals surface area contributed by atoms with Crippen LogP contribution in [0, 0.1) is 13.8 Å². The quantitative estimate of drug-likeness (QED) is 0.180. The van der Waals surface area contributed by atoms with Crippen LogP contribution in [-0.2, 0) is 0 Å². The molecule has 2 aromatic rings. The SMILES string of the molecule is CCCCCCCCCCCCCCCCCCCC(c1ccc(O)c(C)c1)c1cccc(C)c1O. The first-order valence-corrected chi connectivity index (χ1v) is 15.1. The Morgan fingerprint density at radius 1 is 0.583 bits per heavy atom. The molecule has 0 bridgehead atoms. The third-order valence-electron chi connectivity index (χ3n) is 7.86. The molecule has 2 aromatic carbocycles. The summed E-state index contributed by atoms with van der Waals surface area (Å²) in [5.41, 5.74) is 4.02. The molecule has 0 aliphatic rings. The lowest BCUT2D eigenvalue weighted by atomic mass is 9.84. The van der Waals surface area contributed by atoms with E-state index >= 15 is 0 Å². The van der Waals surface area contributed by atoms with E-state index in [2.05, 4.69) is 19.1 Å². The van der Waals surface area contributed by atoms with Gasteiger partial charge in [-0.05, 0) is 43.0 Å². The zero-order valence-corrected chi connectivity index (χ0v) is 23.7. The van der Waals surface area contributed by atoms with Crippen LogP contribution in [0.2, 0.25) is 0 Å². The second-order valence-electron chi connectivity index (χ2n) is 11.1. The molecule has 202 valence electrons. The van der Waals surface area contributed by atoms with Crippen molar-refractivity contribution in [2.24, 2.45) is 0 Å². The molecule has 0 spiro atoms. The summed E-state index contributed by atoms with van der Waals surface area (Å²) in [4.78, 5) is 0. The van der Waals surface area contributed by atoms with Crippen LogP contribution in [-0.4, -0.2) is 10.2 Å². The topological polar surface area (TPSA) is 40.5 Å². The summed E-state index contributed by atoms with van der Waals surface area (Å²) in [5.74, 6) is 0.921. The molecule has 0 aromatic heterocycles. The van der Waals surface area contributed by atoms with Crippen molar-refractivity contribution in [1.82, 2.24) is 0 Å². The molecule has 2 rings (SSSR count). The zero-order valence-electron chi connectivity index (χ0n) is 23.7. The van der Waals surface area contributed by atoms with E-state index < -0.39 is 0 Å². The summed E-state index contributed by atoms with van der Waals surface area (Å²) < 4.78 is 0. The van der Waals surface area contributed by atoms with Gasteiger partial charge in [0, 0.05) is 11.5 Å². The normalized spacial score (nSPS) is 12.2. The first kappa shape index (κ1) is 30.3. The van der Waals surface area contributed by atoms with Gasteiger partial charge in [-0.1, -0.05) is 146 Å². The minimum Gasteiger partial charge on any atom is -0.508 e. The van der Waals surface area contributed by atoms with Gasteiger partial charge >= 0.3 is 0 Å². The van der Waals surface area contributed by atoms with Crippen molar-refractivity contribution < 1.29 is 10.2 Å². The summed E-state index contributed by atoms with van der Waals surface area (Å²) in [6.45, 7) is 6.20. The number of benzene rings is 2. The number of para-hydroxylation sites is 1. The molecule has 36 heavy (non-hydrogen) atoms. The standard InChI is InChI=1S/C34H54O2/c1-4-5-6-7-8-9-10-11-12-13-14-15-16-17-18-19-20-23-31(30-25-26-33(35)29(3)27-30)32-24-21-22-28(2)34(32)36/h21-22,24-27,31,35-36H,4-20,23H2,1-3H3. The van der Waals surface area contributed by atoms with Crippen LogP contribution < -0.4 is 0 Å². The molecule has 2 nitrogen and oxygen atoms in total. The molecule has 0 aliphatic heterocycles. The first-order chi connectivity index (χ1) is 17.5. The molecular weight excluding hydrogens is 440 g/mol. The molecule has 0 fully saturated rings. The summed E-state index contributed by atoms with van der Waals surface area (Å²) in [6.07, 6.45) is 24.5. The second-order valence-corrected chi connectivity index (χ2v) is 11.1. The Bertz CT molecular complexity index is 841. The predicted octanol–water partition coefficient (Wildman–Crippen LogP) is 10.9. The Hall–Kier alpha value is -1.96. The van der Waals surface area contributed by atoms with Crippen LogP contribution in [0.1, 0.15) is 151 Å². The van der Waals surface area contributed by atoms with Gasteiger partial charge in [0.1, 0.15) is 11.5 Å². The summed E-state index contributed by atoms with van der Waals surface area (Å²) in [6, 6.07) is 12.0. The third-order valence-corrected chi connectivity index (χ3v) is 7.86. The Labute approximate surface area is 222 Å². The molecule has 0 amide bonds. The van der Waals surface area contributed by atoms with Crippen LogP contribution in [0.25, 0.3) is 0 Å². The maximum Gasteiger partial charge on any atom is 0.122 e. The fraction of sp³-hybridized carbons (Fsp3) is 0.647. The van der Waals surface area contributed by atoms with E-state index in [0.717, 1.165) is 29.5 Å². The highest BCUT2D eigenvalue weighted by Gasteiger charge is 2.19. The van der Waals surface area contributed by atoms with Crippen molar-refractivity contribution >= 4 is 0 Å². The zero-order chi connectivity index (χ0) is 26.0. The number of aromatic hydroxyl groups is 2. The predicted molar refractivity (Wildman–Crippen MR) is 156 cm³/mol. The lowest BCUT2D eigenvalue weighted by Gasteiger charge is -2.21. The Morgan fingerprint density at radius 3 is 1.58 bits per heavy atom. The van der Waals surface area contributed by atoms with Gasteiger partial charge in [0.25, 0.3) is 0 Å². The van der Waals surface area contributed by atoms with E-state index in [1.165, 1.54) is 108 Å². The molecule has 1 atom stereocenters. The monoisotopic (exact) mass is 494 g/mol. The van der Waals surface area contributed by atoms with Gasteiger partial charge in [-0.25, -0.2) is 0 Å². The van der Waals surface area contributed by atoms with Crippen molar-refractivity contribution in [2.75, 3.05) is 0 Å². The molecule has 2 heteroatoms. The molecule has 0 saturated carbocycles. The number of hydrogen-bond acceptors (Lipinski definition) is 2. The van der Waals surface area contributed by atoms with Crippen LogP contribution in [0.5, 0.6) is 11.5 Å². The van der Waals surface area contributed by atoms with Crippen molar-refractivity contribution in [2.45, 2.75) is 142 Å². The maximum atomic E-state index is 10.7. The number of aryl methyl sites for hydroxylation is 2. The van der Waals surface area contributed by atoms with Gasteiger partial charge < -0.3 is 10.2 Å². The van der Waals surface area contributed by atoms with Gasteiger partial charge in [-0.15, -0.1) is 0 Å². The Kier molecular flexibility index (Phi) is 15.4. The van der Waals surface area contributed by atoms with Crippen LogP contribution >= 0.6 is 0 Å². The smallest absolute Gasteiger partial charge is 0.122 e. The summed E-state index contributed by atoms with van der Waals surface area (Å²) >= 11 is 0. The minimum atomic E-state index is 0.167. The number of unbranched alkanes of at least 4 members (excludes halogenated alkanes) is 16. The highest BCUT2D eigenvalue weighted by molar-refractivity contribution is 5.47. The highest BCUT2D eigenvalue weighted by Crippen LogP contribution is 2.38. The Balaban J connectivity index is 1.60. The van der Waals surface area contributed by atoms with Crippen LogP contribution in [0.4, 0.5) is 0 Å². The summed E-state index contributed by atoms with van der Waals surface area (Å²) in [5, 5.41) is 20.7. The van der Waals surface area contributed by atoms with Crippen LogP contribution in [0.15, 0.2) is 36.4 Å². The molecule has 0 aliphatic carbocycles. The van der Waals surface area contributed by atoms with Gasteiger partial charge in [-0.2, -0.15) is 0 Å². The lowest BCUT2D eigenvalue weighted by molar-refractivity contribution is 0.455. The van der Waals surface area contributed by atoms with Crippen molar-refractivity contribution in [1.29, 1.82) is 0 Å². The van der Waals surface area contributed by atoms with Gasteiger partial charge in [0.2, 0.25) is 0 Å². The number of phenolic OH excluding ortho intramolecular Hbond substituents is 2. The van der Waals surface area contributed by atoms with E-state index in [-0.39, 0.29) is 5.92 Å². The van der Waals surface area contributed by atoms with E-state index in [9.17, 15) is 10.2 Å².